The minimum atomic E-state index is -6.12. The van der Waals surface area contributed by atoms with Crippen LogP contribution in [0.25, 0.3) is 0 Å². The number of sulfone groups is 2. The average Bonchev–Trinajstić information content (AvgIpc) is 2.52. The molecule has 0 fully saturated rings. The van der Waals surface area contributed by atoms with E-state index in [4.69, 9.17) is 0 Å². The van der Waals surface area contributed by atoms with Crippen molar-refractivity contribution in [2.24, 2.45) is 0 Å². The summed E-state index contributed by atoms with van der Waals surface area (Å²) in [6.07, 6.45) is -12.2. The van der Waals surface area contributed by atoms with Crippen LogP contribution >= 0.6 is 0 Å². The van der Waals surface area contributed by atoms with E-state index in [0.717, 1.165) is 0 Å². The van der Waals surface area contributed by atoms with Crippen LogP contribution in [0, 0.1) is 5.82 Å². The second-order valence-corrected chi connectivity index (χ2v) is 9.85. The molecular formula is C15H5F7O4S2. The van der Waals surface area contributed by atoms with Crippen LogP contribution in [0.4, 0.5) is 30.7 Å². The molecule has 0 unspecified atom stereocenters. The van der Waals surface area contributed by atoms with E-state index in [-0.39, 0.29) is 18.2 Å². The molecule has 4 heterocycles. The number of benzene rings is 1. The molecular weight excluding hydrogens is 441 g/mol. The molecule has 4 aliphatic heterocycles. The minimum absolute atomic E-state index is 0.0956. The number of hydrogen-bond donors (Lipinski definition) is 0. The van der Waals surface area contributed by atoms with Crippen LogP contribution in [-0.2, 0) is 25.1 Å². The molecule has 5 rings (SSSR count). The molecule has 1 aromatic rings. The molecule has 0 saturated heterocycles. The molecule has 0 radical (unpaired) electrons. The summed E-state index contributed by atoms with van der Waals surface area (Å²) in [7, 11) is -9.16. The summed E-state index contributed by atoms with van der Waals surface area (Å²) in [4.78, 5) is -4.44. The van der Waals surface area contributed by atoms with Gasteiger partial charge in [-0.2, -0.15) is 26.3 Å². The van der Waals surface area contributed by atoms with E-state index in [1.807, 2.05) is 0 Å². The summed E-state index contributed by atoms with van der Waals surface area (Å²) < 4.78 is 145. The molecule has 13 heteroatoms. The fourth-order valence-electron chi connectivity index (χ4n) is 3.61. The third kappa shape index (κ3) is 1.86. The van der Waals surface area contributed by atoms with Gasteiger partial charge in [-0.1, -0.05) is 12.1 Å². The molecule has 0 saturated carbocycles. The van der Waals surface area contributed by atoms with Gasteiger partial charge in [0.1, 0.15) is 15.6 Å². The van der Waals surface area contributed by atoms with Gasteiger partial charge >= 0.3 is 12.4 Å². The van der Waals surface area contributed by atoms with Gasteiger partial charge in [0.15, 0.2) is 0 Å². The van der Waals surface area contributed by atoms with Crippen LogP contribution in [0.5, 0.6) is 0 Å². The normalized spacial score (nSPS) is 22.5. The van der Waals surface area contributed by atoms with E-state index in [2.05, 4.69) is 0 Å². The summed E-state index contributed by atoms with van der Waals surface area (Å²) >= 11 is 0. The van der Waals surface area contributed by atoms with Crippen LogP contribution in [0.3, 0.4) is 0 Å². The van der Waals surface area contributed by atoms with Gasteiger partial charge in [-0.05, 0) is 23.8 Å². The minimum Gasteiger partial charge on any atom is -0.218 e. The Morgan fingerprint density at radius 3 is 1.61 bits per heavy atom. The molecule has 4 aliphatic rings. The monoisotopic (exact) mass is 446 g/mol. The van der Waals surface area contributed by atoms with Crippen molar-refractivity contribution in [1.82, 2.24) is 0 Å². The number of halogens is 7. The highest BCUT2D eigenvalue weighted by Crippen LogP contribution is 2.68. The second kappa shape index (κ2) is 4.87. The maximum absolute atomic E-state index is 14.0. The van der Waals surface area contributed by atoms with E-state index in [9.17, 15) is 47.6 Å². The molecule has 0 N–H and O–H groups in total. The third-order valence-electron chi connectivity index (χ3n) is 4.78. The van der Waals surface area contributed by atoms with E-state index >= 15 is 0 Å². The maximum Gasteiger partial charge on any atom is 0.411 e. The number of allylic oxidation sites excluding steroid dienone is 2. The Hall–Kier alpha value is -2.15. The fourth-order valence-corrected chi connectivity index (χ4v) is 8.55. The molecule has 0 aromatic heterocycles. The summed E-state index contributed by atoms with van der Waals surface area (Å²) in [5.74, 6) is -1.12. The van der Waals surface area contributed by atoms with E-state index in [1.54, 1.807) is 0 Å². The SMILES string of the molecule is O=S1(=O)c2cc(C(c3ccc(F)cc3)(C(F)(F)F)C(F)(F)F)c3c1c2S3(=O)=O. The van der Waals surface area contributed by atoms with Crippen molar-refractivity contribution in [2.75, 3.05) is 0 Å². The first-order valence-corrected chi connectivity index (χ1v) is 10.2. The highest BCUT2D eigenvalue weighted by atomic mass is 32.2. The van der Waals surface area contributed by atoms with E-state index in [1.165, 1.54) is 0 Å². The van der Waals surface area contributed by atoms with E-state index in [0.29, 0.717) is 12.1 Å². The van der Waals surface area contributed by atoms with Crippen LogP contribution < -0.4 is 0 Å². The number of alkyl halides is 6. The predicted molar refractivity (Wildman–Crippen MR) is 80.2 cm³/mol. The highest BCUT2D eigenvalue weighted by Gasteiger charge is 2.77. The molecule has 0 atom stereocenters. The molecule has 150 valence electrons. The topological polar surface area (TPSA) is 68.3 Å². The quantitative estimate of drug-likeness (QED) is 0.654. The molecule has 0 aliphatic carbocycles. The first-order chi connectivity index (χ1) is 12.6. The molecule has 1 aromatic carbocycles. The van der Waals surface area contributed by atoms with Crippen LogP contribution in [-0.4, -0.2) is 29.2 Å². The zero-order valence-corrected chi connectivity index (χ0v) is 14.6. The number of hydrogen-bond acceptors (Lipinski definition) is 4. The Kier molecular flexibility index (Phi) is 3.34. The Morgan fingerprint density at radius 1 is 0.679 bits per heavy atom. The number of rotatable bonds is 2. The highest BCUT2D eigenvalue weighted by molar-refractivity contribution is 8.13. The Morgan fingerprint density at radius 2 is 1.18 bits per heavy atom. The zero-order valence-electron chi connectivity index (χ0n) is 13.0. The lowest BCUT2D eigenvalue weighted by molar-refractivity contribution is -0.289. The fraction of sp³-hybridized carbons (Fsp3) is 0.200. The van der Waals surface area contributed by atoms with E-state index < -0.39 is 74.0 Å². The van der Waals surface area contributed by atoms with Gasteiger partial charge in [0.2, 0.25) is 25.1 Å². The summed E-state index contributed by atoms with van der Waals surface area (Å²) in [6.45, 7) is 0. The Bertz CT molecular complexity index is 1230. The first kappa shape index (κ1) is 19.2. The van der Waals surface area contributed by atoms with Crippen molar-refractivity contribution < 1.29 is 47.6 Å². The van der Waals surface area contributed by atoms with Crippen LogP contribution in [0.2, 0.25) is 0 Å². The average molecular weight is 446 g/mol. The number of fused-ring (bicyclic) bond motifs is 1. The van der Waals surface area contributed by atoms with Gasteiger partial charge in [-0.3, -0.25) is 0 Å². The lowest BCUT2D eigenvalue weighted by Gasteiger charge is -2.47. The van der Waals surface area contributed by atoms with Gasteiger partial charge in [0.25, 0.3) is 0 Å². The summed E-state index contributed by atoms with van der Waals surface area (Å²) in [6, 6.07) is 1.19. The van der Waals surface area contributed by atoms with Crippen molar-refractivity contribution in [3.63, 3.8) is 0 Å². The zero-order chi connectivity index (χ0) is 21.1. The second-order valence-electron chi connectivity index (χ2n) is 6.17. The molecule has 0 spiro atoms. The molecule has 4 nitrogen and oxygen atoms in total. The molecule has 0 amide bonds. The first-order valence-electron chi connectivity index (χ1n) is 7.20. The molecule has 28 heavy (non-hydrogen) atoms. The van der Waals surface area contributed by atoms with Crippen molar-refractivity contribution in [3.05, 3.63) is 66.9 Å². The predicted octanol–water partition coefficient (Wildman–Crippen LogP) is 3.41. The van der Waals surface area contributed by atoms with Gasteiger partial charge in [0.05, 0.1) is 9.81 Å². The standard InChI is InChI=1S/C15H5F7O4S2/c16-7-3-1-6(2-4-7)13(14(17,18)19,15(20,21)22)8-5-9-11-12(27(9,23)24)10(8)28(11,25)26/h1-5H. The van der Waals surface area contributed by atoms with Crippen molar-refractivity contribution in [3.8, 4) is 0 Å². The van der Waals surface area contributed by atoms with Gasteiger partial charge in [0, 0.05) is 5.57 Å². The Labute approximate surface area is 152 Å². The largest absolute Gasteiger partial charge is 0.411 e. The molecule has 4 bridgehead atoms. The van der Waals surface area contributed by atoms with Gasteiger partial charge < -0.3 is 0 Å². The van der Waals surface area contributed by atoms with Crippen molar-refractivity contribution in [1.29, 1.82) is 0 Å². The van der Waals surface area contributed by atoms with Crippen LogP contribution in [0.1, 0.15) is 5.56 Å². The van der Waals surface area contributed by atoms with Gasteiger partial charge in [-0.25, -0.2) is 21.2 Å². The van der Waals surface area contributed by atoms with Crippen molar-refractivity contribution in [2.45, 2.75) is 17.8 Å². The lowest BCUT2D eigenvalue weighted by atomic mass is 9.71. The van der Waals surface area contributed by atoms with Crippen LogP contribution in [0.15, 0.2) is 55.5 Å². The third-order valence-corrected chi connectivity index (χ3v) is 8.94. The summed E-state index contributed by atoms with van der Waals surface area (Å²) in [5.41, 5.74) is -8.11. The smallest absolute Gasteiger partial charge is 0.218 e. The lowest BCUT2D eigenvalue weighted by Crippen LogP contribution is -2.58. The van der Waals surface area contributed by atoms with Crippen molar-refractivity contribution >= 4 is 19.7 Å². The van der Waals surface area contributed by atoms with Gasteiger partial charge in [-0.15, -0.1) is 0 Å². The maximum atomic E-state index is 14.0. The summed E-state index contributed by atoms with van der Waals surface area (Å²) in [5, 5.41) is 0. The Balaban J connectivity index is 2.17.